The molecule has 2 aliphatic rings. The zero-order valence-corrected chi connectivity index (χ0v) is 26.9. The predicted octanol–water partition coefficient (Wildman–Crippen LogP) is 6.97. The summed E-state index contributed by atoms with van der Waals surface area (Å²) in [5, 5.41) is 18.0. The van der Waals surface area contributed by atoms with E-state index < -0.39 is 0 Å². The fourth-order valence-corrected chi connectivity index (χ4v) is 6.02. The van der Waals surface area contributed by atoms with Crippen molar-refractivity contribution in [1.29, 1.82) is 0 Å². The molecule has 2 unspecified atom stereocenters. The monoisotopic (exact) mass is 703 g/mol. The molecule has 7 heteroatoms. The molecule has 0 radical (unpaired) electrons. The van der Waals surface area contributed by atoms with Gasteiger partial charge >= 0.3 is 21.1 Å². The van der Waals surface area contributed by atoms with Gasteiger partial charge in [0.25, 0.3) is 0 Å². The predicted molar refractivity (Wildman–Crippen MR) is 152 cm³/mol. The second-order valence-electron chi connectivity index (χ2n) is 13.7. The summed E-state index contributed by atoms with van der Waals surface area (Å²) in [6.07, 6.45) is 6.07. The van der Waals surface area contributed by atoms with Gasteiger partial charge in [-0.1, -0.05) is 85.8 Å². The van der Waals surface area contributed by atoms with Gasteiger partial charge in [0, 0.05) is 34.6 Å². The van der Waals surface area contributed by atoms with E-state index in [9.17, 15) is 0 Å². The third kappa shape index (κ3) is 5.06. The average Bonchev–Trinajstić information content (AvgIpc) is 3.60. The number of hydrogen-bond donors (Lipinski definition) is 0. The third-order valence-corrected chi connectivity index (χ3v) is 8.97. The zero-order chi connectivity index (χ0) is 27.5. The van der Waals surface area contributed by atoms with E-state index in [1.165, 1.54) is 29.7 Å². The van der Waals surface area contributed by atoms with E-state index in [4.69, 9.17) is 4.98 Å². The Hall–Kier alpha value is -2.59. The molecule has 0 amide bonds. The second kappa shape index (κ2) is 10.1. The minimum absolute atomic E-state index is 0. The molecule has 2 bridgehead atoms. The molecule has 0 aromatic carbocycles. The maximum absolute atomic E-state index is 4.91. The third-order valence-electron chi connectivity index (χ3n) is 8.97. The van der Waals surface area contributed by atoms with Crippen LogP contribution >= 0.6 is 0 Å². The molecule has 208 valence electrons. The van der Waals surface area contributed by atoms with Gasteiger partial charge in [0.1, 0.15) is 0 Å². The van der Waals surface area contributed by atoms with Gasteiger partial charge in [-0.3, -0.25) is 9.97 Å². The Morgan fingerprint density at radius 2 is 1.51 bits per heavy atom. The van der Waals surface area contributed by atoms with Gasteiger partial charge in [-0.2, -0.15) is 0 Å². The zero-order valence-electron chi connectivity index (χ0n) is 24.6. The number of nitrogens with zero attached hydrogens (tertiary/aromatic N) is 6. The largest absolute Gasteiger partial charge is 2.00 e. The van der Waals surface area contributed by atoms with Gasteiger partial charge in [0.15, 0.2) is 0 Å². The van der Waals surface area contributed by atoms with Crippen LogP contribution in [0.4, 0.5) is 0 Å². The summed E-state index contributed by atoms with van der Waals surface area (Å²) >= 11 is 0. The SMILES string of the molecule is CC(C)(C)c1cc(-c2cccc(-c3[n-]nc4c3C3CCC4(C)C3(C)C)n2)[n-]n1.CC(C)(C)c1ccncc1.[Pt+2]. The fourth-order valence-electron chi connectivity index (χ4n) is 6.02. The van der Waals surface area contributed by atoms with Crippen LogP contribution in [0.5, 0.6) is 0 Å². The Kier molecular flexibility index (Phi) is 7.62. The second-order valence-corrected chi connectivity index (χ2v) is 13.7. The summed E-state index contributed by atoms with van der Waals surface area (Å²) in [7, 11) is 0. The molecule has 6 rings (SSSR count). The summed E-state index contributed by atoms with van der Waals surface area (Å²) < 4.78 is 0. The first-order valence-electron chi connectivity index (χ1n) is 13.7. The number of aromatic nitrogens is 6. The molecular weight excluding hydrogens is 663 g/mol. The van der Waals surface area contributed by atoms with Gasteiger partial charge in [0.05, 0.1) is 11.4 Å². The van der Waals surface area contributed by atoms with Crippen LogP contribution in [-0.4, -0.2) is 20.2 Å². The van der Waals surface area contributed by atoms with E-state index in [-0.39, 0.29) is 42.7 Å². The summed E-state index contributed by atoms with van der Waals surface area (Å²) in [4.78, 5) is 8.87. The van der Waals surface area contributed by atoms with Gasteiger partial charge in [0.2, 0.25) is 0 Å². The van der Waals surface area contributed by atoms with Crippen LogP contribution in [0.25, 0.3) is 22.8 Å². The van der Waals surface area contributed by atoms with Crippen molar-refractivity contribution in [2.45, 2.75) is 97.3 Å². The maximum Gasteiger partial charge on any atom is 2.00 e. The molecule has 1 saturated carbocycles. The molecule has 2 aliphatic carbocycles. The topological polar surface area (TPSA) is 79.8 Å². The Balaban J connectivity index is 0.000000273. The van der Waals surface area contributed by atoms with E-state index in [2.05, 4.69) is 99.8 Å². The van der Waals surface area contributed by atoms with Gasteiger partial charge in [-0.25, -0.2) is 0 Å². The number of pyridine rings is 2. The average molecular weight is 704 g/mol. The summed E-state index contributed by atoms with van der Waals surface area (Å²) in [6.45, 7) is 20.1. The first-order valence-corrected chi connectivity index (χ1v) is 13.7. The molecule has 1 fully saturated rings. The van der Waals surface area contributed by atoms with Crippen molar-refractivity contribution in [1.82, 2.24) is 30.4 Å². The number of hydrogen-bond acceptors (Lipinski definition) is 4. The Labute approximate surface area is 247 Å². The van der Waals surface area contributed by atoms with Crippen LogP contribution < -0.4 is 10.2 Å². The fraction of sp³-hybridized carbons (Fsp3) is 0.500. The van der Waals surface area contributed by atoms with Crippen molar-refractivity contribution in [3.63, 3.8) is 0 Å². The summed E-state index contributed by atoms with van der Waals surface area (Å²) in [5.41, 5.74) is 8.90. The minimum Gasteiger partial charge on any atom is -0.573 e. The van der Waals surface area contributed by atoms with E-state index in [1.54, 1.807) is 0 Å². The van der Waals surface area contributed by atoms with E-state index in [0.717, 1.165) is 28.5 Å². The molecule has 39 heavy (non-hydrogen) atoms. The maximum atomic E-state index is 4.91. The normalized spacial score (nSPS) is 21.1. The van der Waals surface area contributed by atoms with Crippen LogP contribution in [0.1, 0.15) is 104 Å². The van der Waals surface area contributed by atoms with E-state index in [0.29, 0.717) is 5.92 Å². The standard InChI is InChI=1S/C23H27N5.C9H13N.Pt/c1-21(2,3)17-12-16(25-26-17)14-8-7-9-15(24-14)19-18-13-10-11-23(6,22(13,4)5)20(18)28-27-19;1-9(2,3)8-4-6-10-7-5-8;/h7-9,12-13H,10-11H2,1-6H3;4-7H,1-3H3;/q-2;;+2. The molecule has 0 saturated heterocycles. The molecule has 4 aromatic heterocycles. The minimum atomic E-state index is -0.0267. The molecule has 6 nitrogen and oxygen atoms in total. The van der Waals surface area contributed by atoms with E-state index >= 15 is 0 Å². The Morgan fingerprint density at radius 1 is 0.846 bits per heavy atom. The van der Waals surface area contributed by atoms with Crippen molar-refractivity contribution in [3.05, 3.63) is 71.3 Å². The number of rotatable bonds is 2. The van der Waals surface area contributed by atoms with Gasteiger partial charge < -0.3 is 20.4 Å². The van der Waals surface area contributed by atoms with Crippen LogP contribution in [-0.2, 0) is 37.3 Å². The Morgan fingerprint density at radius 3 is 2.10 bits per heavy atom. The van der Waals surface area contributed by atoms with Crippen molar-refractivity contribution in [2.75, 3.05) is 0 Å². The Bertz CT molecular complexity index is 1440. The quantitative estimate of drug-likeness (QED) is 0.225. The molecule has 0 N–H and O–H groups in total. The summed E-state index contributed by atoms with van der Waals surface area (Å²) in [6, 6.07) is 12.2. The molecule has 0 aliphatic heterocycles. The summed E-state index contributed by atoms with van der Waals surface area (Å²) in [5.74, 6) is 0.508. The molecule has 4 heterocycles. The first kappa shape index (κ1) is 29.4. The van der Waals surface area contributed by atoms with E-state index in [1.807, 2.05) is 36.7 Å². The van der Waals surface area contributed by atoms with Crippen molar-refractivity contribution < 1.29 is 21.1 Å². The van der Waals surface area contributed by atoms with Crippen LogP contribution in [0.3, 0.4) is 0 Å². The molecule has 2 atom stereocenters. The van der Waals surface area contributed by atoms with Crippen LogP contribution in [0.2, 0.25) is 0 Å². The van der Waals surface area contributed by atoms with Gasteiger partial charge in [-0.15, -0.1) is 0 Å². The van der Waals surface area contributed by atoms with Crippen molar-refractivity contribution in [3.8, 4) is 22.8 Å². The molecule has 4 aromatic rings. The van der Waals surface area contributed by atoms with Crippen molar-refractivity contribution >= 4 is 0 Å². The van der Waals surface area contributed by atoms with Crippen molar-refractivity contribution in [2.24, 2.45) is 5.41 Å². The first-order chi connectivity index (χ1) is 17.7. The molecular formula is C32H40N6Pt. The smallest absolute Gasteiger partial charge is 0.573 e. The number of fused-ring (bicyclic) bond motifs is 5. The van der Waals surface area contributed by atoms with Gasteiger partial charge in [-0.05, 0) is 65.0 Å². The van der Waals surface area contributed by atoms with Crippen LogP contribution in [0.15, 0.2) is 48.8 Å². The molecule has 0 spiro atoms. The van der Waals surface area contributed by atoms with Crippen LogP contribution in [0, 0.1) is 5.41 Å².